The fourth-order valence-electron chi connectivity index (χ4n) is 2.71. The van der Waals surface area contributed by atoms with Crippen LogP contribution < -0.4 is 20.9 Å². The lowest BCUT2D eigenvalue weighted by atomic mass is 10.1. The van der Waals surface area contributed by atoms with Crippen molar-refractivity contribution in [1.29, 1.82) is 0 Å². The van der Waals surface area contributed by atoms with Crippen LogP contribution in [-0.4, -0.2) is 23.8 Å². The smallest absolute Gasteiger partial charge is 0.337 e. The van der Waals surface area contributed by atoms with Gasteiger partial charge in [0.25, 0.3) is 5.91 Å². The van der Waals surface area contributed by atoms with Gasteiger partial charge in [0.2, 0.25) is 0 Å². The number of hydrazine groups is 1. The van der Waals surface area contributed by atoms with E-state index in [4.69, 9.17) is 4.74 Å². The number of carbonyl (C=O) groups excluding carboxylic acids is 3. The molecule has 0 heterocycles. The third-order valence-corrected chi connectivity index (χ3v) is 4.27. The normalized spacial score (nSPS) is 11.4. The van der Waals surface area contributed by atoms with Crippen molar-refractivity contribution in [2.45, 2.75) is 20.0 Å². The largest absolute Gasteiger partial charge is 0.480 e. The number of benzene rings is 3. The van der Waals surface area contributed by atoms with Crippen LogP contribution in [0.5, 0.6) is 5.75 Å². The number of anilines is 1. The summed E-state index contributed by atoms with van der Waals surface area (Å²) in [4.78, 5) is 35.5. The van der Waals surface area contributed by atoms with Crippen molar-refractivity contribution >= 4 is 34.2 Å². The van der Waals surface area contributed by atoms with Gasteiger partial charge in [-0.15, -0.1) is 0 Å². The molecule has 7 nitrogen and oxygen atoms in total. The Balaban J connectivity index is 1.53. The third kappa shape index (κ3) is 5.10. The van der Waals surface area contributed by atoms with Crippen LogP contribution in [0.25, 0.3) is 10.8 Å². The van der Waals surface area contributed by atoms with Crippen LogP contribution in [0.4, 0.5) is 10.5 Å². The van der Waals surface area contributed by atoms with Crippen molar-refractivity contribution in [3.8, 4) is 5.75 Å². The maximum atomic E-state index is 12.2. The molecule has 0 saturated heterocycles. The van der Waals surface area contributed by atoms with Gasteiger partial charge in [-0.25, -0.2) is 10.2 Å². The lowest BCUT2D eigenvalue weighted by Crippen LogP contribution is -2.48. The molecule has 0 fully saturated rings. The minimum Gasteiger partial charge on any atom is -0.480 e. The van der Waals surface area contributed by atoms with Gasteiger partial charge in [0, 0.05) is 16.6 Å². The molecule has 0 saturated carbocycles. The maximum Gasteiger partial charge on any atom is 0.337 e. The average molecular weight is 391 g/mol. The van der Waals surface area contributed by atoms with E-state index in [9.17, 15) is 14.4 Å². The average Bonchev–Trinajstić information content (AvgIpc) is 2.72. The van der Waals surface area contributed by atoms with E-state index < -0.39 is 18.0 Å². The molecule has 0 unspecified atom stereocenters. The third-order valence-electron chi connectivity index (χ3n) is 4.27. The van der Waals surface area contributed by atoms with Gasteiger partial charge in [-0.1, -0.05) is 36.4 Å². The molecule has 3 N–H and O–H groups in total. The summed E-state index contributed by atoms with van der Waals surface area (Å²) >= 11 is 0. The molecule has 0 spiro atoms. The van der Waals surface area contributed by atoms with Gasteiger partial charge in [0.15, 0.2) is 11.9 Å². The Morgan fingerprint density at radius 2 is 1.55 bits per heavy atom. The zero-order valence-corrected chi connectivity index (χ0v) is 16.1. The number of amides is 3. The molecule has 1 atom stereocenters. The number of Topliss-reactive ketones (excluding diaryl/α,β-unsaturated/α-hetero) is 1. The van der Waals surface area contributed by atoms with Crippen LogP contribution in [0.2, 0.25) is 0 Å². The van der Waals surface area contributed by atoms with E-state index in [0.717, 1.165) is 10.8 Å². The minimum atomic E-state index is -0.823. The van der Waals surface area contributed by atoms with Crippen LogP contribution in [0.1, 0.15) is 24.2 Å². The molecule has 148 valence electrons. The molecule has 0 radical (unpaired) electrons. The Bertz CT molecular complexity index is 1040. The van der Waals surface area contributed by atoms with Gasteiger partial charge < -0.3 is 10.1 Å². The number of nitrogens with one attached hydrogen (secondary N) is 3. The molecule has 0 aliphatic rings. The Morgan fingerprint density at radius 3 is 2.28 bits per heavy atom. The number of ether oxygens (including phenoxy) is 1. The van der Waals surface area contributed by atoms with E-state index >= 15 is 0 Å². The highest BCUT2D eigenvalue weighted by atomic mass is 16.5. The van der Waals surface area contributed by atoms with Crippen LogP contribution in [0, 0.1) is 0 Å². The van der Waals surface area contributed by atoms with E-state index in [1.54, 1.807) is 37.3 Å². The predicted molar refractivity (Wildman–Crippen MR) is 111 cm³/mol. The first-order chi connectivity index (χ1) is 13.9. The summed E-state index contributed by atoms with van der Waals surface area (Å²) in [6, 6.07) is 19.1. The summed E-state index contributed by atoms with van der Waals surface area (Å²) in [6.45, 7) is 3.06. The van der Waals surface area contributed by atoms with E-state index in [0.29, 0.717) is 17.0 Å². The molecule has 3 amide bonds. The molecule has 29 heavy (non-hydrogen) atoms. The summed E-state index contributed by atoms with van der Waals surface area (Å²) < 4.78 is 5.76. The van der Waals surface area contributed by atoms with Crippen LogP contribution in [0.15, 0.2) is 66.7 Å². The van der Waals surface area contributed by atoms with E-state index in [-0.39, 0.29) is 5.78 Å². The molecular formula is C22H21N3O4. The van der Waals surface area contributed by atoms with Gasteiger partial charge in [0.05, 0.1) is 0 Å². The van der Waals surface area contributed by atoms with Crippen molar-refractivity contribution in [2.24, 2.45) is 0 Å². The fraction of sp³-hybridized carbons (Fsp3) is 0.136. The number of ketones is 1. The molecule has 3 aromatic rings. The van der Waals surface area contributed by atoms with E-state index in [1.165, 1.54) is 6.92 Å². The van der Waals surface area contributed by atoms with Crippen LogP contribution in [0.3, 0.4) is 0 Å². The first-order valence-corrected chi connectivity index (χ1v) is 9.06. The Hall–Kier alpha value is -3.87. The standard InChI is InChI=1S/C22H21N3O4/c1-14(26)16-10-12-18(13-11-16)23-22(28)25-24-21(27)15(2)29-20-9-5-7-17-6-3-4-8-19(17)20/h3-13,15H,1-2H3,(H,24,27)(H2,23,25,28)/t15-/m1/s1. The number of rotatable bonds is 5. The minimum absolute atomic E-state index is 0.0616. The number of hydrogen-bond acceptors (Lipinski definition) is 4. The highest BCUT2D eigenvalue weighted by Gasteiger charge is 2.16. The summed E-state index contributed by atoms with van der Waals surface area (Å²) in [5, 5.41) is 4.46. The molecule has 0 aromatic heterocycles. The second-order valence-electron chi connectivity index (χ2n) is 6.44. The number of carbonyl (C=O) groups is 3. The molecule has 7 heteroatoms. The van der Waals surface area contributed by atoms with E-state index in [2.05, 4.69) is 16.2 Å². The van der Waals surface area contributed by atoms with E-state index in [1.807, 2.05) is 36.4 Å². The molecule has 3 aromatic carbocycles. The van der Waals surface area contributed by atoms with Gasteiger partial charge in [-0.05, 0) is 49.6 Å². The van der Waals surface area contributed by atoms with Gasteiger partial charge in [-0.3, -0.25) is 15.0 Å². The SMILES string of the molecule is CC(=O)c1ccc(NC(=O)NNC(=O)[C@@H](C)Oc2cccc3ccccc23)cc1. The fourth-order valence-corrected chi connectivity index (χ4v) is 2.71. The Kier molecular flexibility index (Phi) is 6.09. The van der Waals surface area contributed by atoms with Crippen molar-refractivity contribution in [2.75, 3.05) is 5.32 Å². The van der Waals surface area contributed by atoms with Crippen molar-refractivity contribution < 1.29 is 19.1 Å². The first-order valence-electron chi connectivity index (χ1n) is 9.06. The second kappa shape index (κ2) is 8.88. The monoisotopic (exact) mass is 391 g/mol. The molecule has 0 bridgehead atoms. The Labute approximate surface area is 168 Å². The summed E-state index contributed by atoms with van der Waals surface area (Å²) in [7, 11) is 0. The quantitative estimate of drug-likeness (QED) is 0.457. The lowest BCUT2D eigenvalue weighted by Gasteiger charge is -2.16. The van der Waals surface area contributed by atoms with Gasteiger partial charge >= 0.3 is 6.03 Å². The zero-order valence-electron chi connectivity index (χ0n) is 16.1. The zero-order chi connectivity index (χ0) is 20.8. The second-order valence-corrected chi connectivity index (χ2v) is 6.44. The molecule has 0 aliphatic heterocycles. The Morgan fingerprint density at radius 1 is 0.862 bits per heavy atom. The molecule has 0 aliphatic carbocycles. The van der Waals surface area contributed by atoms with Crippen molar-refractivity contribution in [3.05, 3.63) is 72.3 Å². The predicted octanol–water partition coefficient (Wildman–Crippen LogP) is 3.66. The first kappa shape index (κ1) is 19.9. The van der Waals surface area contributed by atoms with Crippen LogP contribution >= 0.6 is 0 Å². The molecule has 3 rings (SSSR count). The van der Waals surface area contributed by atoms with Crippen molar-refractivity contribution in [3.63, 3.8) is 0 Å². The van der Waals surface area contributed by atoms with Crippen LogP contribution in [-0.2, 0) is 4.79 Å². The number of hydrogen-bond donors (Lipinski definition) is 3. The topological polar surface area (TPSA) is 96.5 Å². The molecular weight excluding hydrogens is 370 g/mol. The highest BCUT2D eigenvalue weighted by Crippen LogP contribution is 2.26. The lowest BCUT2D eigenvalue weighted by molar-refractivity contribution is -0.127. The van der Waals surface area contributed by atoms with Crippen molar-refractivity contribution in [1.82, 2.24) is 10.9 Å². The maximum absolute atomic E-state index is 12.2. The summed E-state index contributed by atoms with van der Waals surface area (Å²) in [5.41, 5.74) is 5.63. The number of urea groups is 1. The van der Waals surface area contributed by atoms with Gasteiger partial charge in [-0.2, -0.15) is 0 Å². The summed E-state index contributed by atoms with van der Waals surface area (Å²) in [5.74, 6) is 0.0224. The highest BCUT2D eigenvalue weighted by molar-refractivity contribution is 5.96. The number of fused-ring (bicyclic) bond motifs is 1. The van der Waals surface area contributed by atoms with Gasteiger partial charge in [0.1, 0.15) is 5.75 Å². The summed E-state index contributed by atoms with van der Waals surface area (Å²) in [6.07, 6.45) is -0.823.